The molecule has 1 aromatic carbocycles. The van der Waals surface area contributed by atoms with Crippen molar-refractivity contribution >= 4 is 34.2 Å². The zero-order valence-electron chi connectivity index (χ0n) is 12.4. The van der Waals surface area contributed by atoms with Gasteiger partial charge in [-0.25, -0.2) is 9.97 Å². The van der Waals surface area contributed by atoms with Gasteiger partial charge < -0.3 is 0 Å². The van der Waals surface area contributed by atoms with Gasteiger partial charge in [0.2, 0.25) is 0 Å². The van der Waals surface area contributed by atoms with Gasteiger partial charge >= 0.3 is 0 Å². The van der Waals surface area contributed by atoms with Crippen LogP contribution in [0.2, 0.25) is 5.02 Å². The van der Waals surface area contributed by atoms with Crippen molar-refractivity contribution in [1.29, 1.82) is 0 Å². The number of carbonyl (C=O) groups excluding carboxylic acids is 1. The Morgan fingerprint density at radius 1 is 1.26 bits per heavy atom. The molecule has 3 heterocycles. The molecule has 0 radical (unpaired) electrons. The maximum Gasteiger partial charge on any atom is 0.282 e. The van der Waals surface area contributed by atoms with Crippen LogP contribution in [0.1, 0.15) is 23.1 Å². The Balaban J connectivity index is 1.96. The van der Waals surface area contributed by atoms with Crippen LogP contribution in [0.25, 0.3) is 16.7 Å². The van der Waals surface area contributed by atoms with Gasteiger partial charge in [0.1, 0.15) is 17.7 Å². The summed E-state index contributed by atoms with van der Waals surface area (Å²) in [6.07, 6.45) is 3.99. The molecule has 4 rings (SSSR count). The Hall–Kier alpha value is -2.66. The van der Waals surface area contributed by atoms with Crippen molar-refractivity contribution in [2.45, 2.75) is 13.3 Å². The summed E-state index contributed by atoms with van der Waals surface area (Å²) in [5, 5.41) is 0.595. The second-order valence-corrected chi connectivity index (χ2v) is 5.68. The number of fused-ring (bicyclic) bond motifs is 2. The van der Waals surface area contributed by atoms with E-state index in [-0.39, 0.29) is 5.91 Å². The van der Waals surface area contributed by atoms with E-state index in [1.807, 2.05) is 31.2 Å². The first kappa shape index (κ1) is 14.0. The number of hydrogen-bond donors (Lipinski definition) is 0. The number of carbonyl (C=O) groups is 1. The zero-order chi connectivity index (χ0) is 16.0. The van der Waals surface area contributed by atoms with Crippen LogP contribution in [-0.4, -0.2) is 24.8 Å². The molecule has 0 saturated carbocycles. The fourth-order valence-electron chi connectivity index (χ4n) is 2.78. The zero-order valence-corrected chi connectivity index (χ0v) is 13.2. The summed E-state index contributed by atoms with van der Waals surface area (Å²) < 4.78 is 3.34. The van der Waals surface area contributed by atoms with Crippen LogP contribution in [0.4, 0.5) is 0 Å². The molecule has 0 aliphatic carbocycles. The van der Waals surface area contributed by atoms with Gasteiger partial charge in [0.15, 0.2) is 0 Å². The highest BCUT2D eigenvalue weighted by Crippen LogP contribution is 2.20. The van der Waals surface area contributed by atoms with Gasteiger partial charge in [-0.1, -0.05) is 30.7 Å². The minimum atomic E-state index is -0.148. The summed E-state index contributed by atoms with van der Waals surface area (Å²) in [4.78, 5) is 21.9. The quantitative estimate of drug-likeness (QED) is 0.566. The van der Waals surface area contributed by atoms with Crippen LogP contribution in [0.5, 0.6) is 0 Å². The Kier molecular flexibility index (Phi) is 3.16. The van der Waals surface area contributed by atoms with Crippen LogP contribution >= 0.6 is 11.6 Å². The predicted molar refractivity (Wildman–Crippen MR) is 89.0 cm³/mol. The highest BCUT2D eigenvalue weighted by molar-refractivity contribution is 6.30. The van der Waals surface area contributed by atoms with Gasteiger partial charge in [-0.3, -0.25) is 13.8 Å². The average molecular weight is 325 g/mol. The Morgan fingerprint density at radius 3 is 2.91 bits per heavy atom. The topological polar surface area (TPSA) is 52.2 Å². The lowest BCUT2D eigenvalue weighted by atomic mass is 10.2. The maximum absolute atomic E-state index is 13.1. The van der Waals surface area contributed by atoms with E-state index in [4.69, 9.17) is 11.6 Å². The molecule has 0 amide bonds. The second kappa shape index (κ2) is 5.21. The molecule has 3 aromatic heterocycles. The molecule has 4 aromatic rings. The van der Waals surface area contributed by atoms with Crippen molar-refractivity contribution in [3.8, 4) is 0 Å². The molecule has 0 aliphatic rings. The van der Waals surface area contributed by atoms with Gasteiger partial charge in [-0.2, -0.15) is 0 Å². The first-order valence-corrected chi connectivity index (χ1v) is 7.70. The molecule has 23 heavy (non-hydrogen) atoms. The molecule has 0 unspecified atom stereocenters. The molecule has 0 fully saturated rings. The summed E-state index contributed by atoms with van der Waals surface area (Å²) in [6.45, 7) is 1.98. The molecule has 0 bridgehead atoms. The molecule has 114 valence electrons. The largest absolute Gasteiger partial charge is 0.295 e. The molecule has 0 N–H and O–H groups in total. The lowest BCUT2D eigenvalue weighted by Crippen LogP contribution is -2.15. The fraction of sp³-hybridized carbons (Fsp3) is 0.118. The lowest BCUT2D eigenvalue weighted by molar-refractivity contribution is 0.0957. The third-order valence-electron chi connectivity index (χ3n) is 3.87. The first-order chi connectivity index (χ1) is 11.2. The molecule has 6 heteroatoms. The number of pyridine rings is 1. The fourth-order valence-corrected chi connectivity index (χ4v) is 2.93. The van der Waals surface area contributed by atoms with Crippen molar-refractivity contribution in [2.75, 3.05) is 0 Å². The number of rotatable bonds is 2. The van der Waals surface area contributed by atoms with Crippen LogP contribution in [0.3, 0.4) is 0 Å². The van der Waals surface area contributed by atoms with Gasteiger partial charge in [0.25, 0.3) is 5.91 Å². The number of para-hydroxylation sites is 2. The van der Waals surface area contributed by atoms with E-state index >= 15 is 0 Å². The van der Waals surface area contributed by atoms with Gasteiger partial charge in [0, 0.05) is 17.3 Å². The van der Waals surface area contributed by atoms with Crippen LogP contribution in [-0.2, 0) is 6.42 Å². The monoisotopic (exact) mass is 324 g/mol. The van der Waals surface area contributed by atoms with Gasteiger partial charge in [-0.05, 0) is 24.6 Å². The Labute approximate surface area is 137 Å². The first-order valence-electron chi connectivity index (χ1n) is 7.32. The summed E-state index contributed by atoms with van der Waals surface area (Å²) in [5.74, 6) is -0.148. The molecule has 5 nitrogen and oxygen atoms in total. The number of aryl methyl sites for hydroxylation is 1. The highest BCUT2D eigenvalue weighted by Gasteiger charge is 2.21. The second-order valence-electron chi connectivity index (χ2n) is 5.24. The molecule has 0 atom stereocenters. The van der Waals surface area contributed by atoms with E-state index in [9.17, 15) is 4.79 Å². The van der Waals surface area contributed by atoms with E-state index in [1.54, 1.807) is 33.6 Å². The van der Waals surface area contributed by atoms with Crippen molar-refractivity contribution in [3.05, 3.63) is 65.3 Å². The summed E-state index contributed by atoms with van der Waals surface area (Å²) in [6, 6.07) is 11.1. The molecule has 0 saturated heterocycles. The highest BCUT2D eigenvalue weighted by atomic mass is 35.5. The average Bonchev–Trinajstić information content (AvgIpc) is 3.14. The Morgan fingerprint density at radius 2 is 2.09 bits per heavy atom. The van der Waals surface area contributed by atoms with Gasteiger partial charge in [-0.15, -0.1) is 0 Å². The van der Waals surface area contributed by atoms with E-state index in [0.717, 1.165) is 16.7 Å². The van der Waals surface area contributed by atoms with Crippen LogP contribution in [0.15, 0.2) is 48.9 Å². The summed E-state index contributed by atoms with van der Waals surface area (Å²) in [7, 11) is 0. The minimum Gasteiger partial charge on any atom is -0.295 e. The summed E-state index contributed by atoms with van der Waals surface area (Å²) in [5.41, 5.74) is 3.53. The third-order valence-corrected chi connectivity index (χ3v) is 4.11. The van der Waals surface area contributed by atoms with E-state index in [1.165, 1.54) is 0 Å². The molecular weight excluding hydrogens is 312 g/mol. The number of imidazole rings is 2. The van der Waals surface area contributed by atoms with Crippen molar-refractivity contribution in [2.24, 2.45) is 0 Å². The normalized spacial score (nSPS) is 11.4. The lowest BCUT2D eigenvalue weighted by Gasteiger charge is -2.05. The number of benzene rings is 1. The van der Waals surface area contributed by atoms with Crippen molar-refractivity contribution in [3.63, 3.8) is 0 Å². The smallest absolute Gasteiger partial charge is 0.282 e. The Bertz CT molecular complexity index is 1050. The number of aromatic nitrogens is 4. The predicted octanol–water partition coefficient (Wildman–Crippen LogP) is 3.59. The maximum atomic E-state index is 13.1. The van der Waals surface area contributed by atoms with E-state index < -0.39 is 0 Å². The van der Waals surface area contributed by atoms with E-state index in [2.05, 4.69) is 9.97 Å². The van der Waals surface area contributed by atoms with Crippen molar-refractivity contribution < 1.29 is 4.79 Å². The minimum absolute atomic E-state index is 0.148. The van der Waals surface area contributed by atoms with Crippen LogP contribution < -0.4 is 0 Å². The number of halogens is 1. The SMILES string of the molecule is CCc1nc2cc(Cl)ccn2c1C(=O)n1cnc2ccccc21. The van der Waals surface area contributed by atoms with Crippen molar-refractivity contribution in [1.82, 2.24) is 18.9 Å². The molecule has 0 aliphatic heterocycles. The third kappa shape index (κ3) is 2.12. The number of hydrogen-bond acceptors (Lipinski definition) is 3. The standard InChI is InChI=1S/C17H13ClN4O/c1-2-12-16(21-8-7-11(18)9-15(21)20-12)17(23)22-10-19-13-5-3-4-6-14(13)22/h3-10H,2H2,1H3. The number of nitrogens with zero attached hydrogens (tertiary/aromatic N) is 4. The molecule has 0 spiro atoms. The summed E-state index contributed by atoms with van der Waals surface area (Å²) >= 11 is 6.03. The molecular formula is C17H13ClN4O. The van der Waals surface area contributed by atoms with Crippen LogP contribution in [0, 0.1) is 0 Å². The van der Waals surface area contributed by atoms with Gasteiger partial charge in [0.05, 0.1) is 16.7 Å². The van der Waals surface area contributed by atoms with E-state index in [0.29, 0.717) is 22.8 Å².